The molecule has 2 heterocycles. The summed E-state index contributed by atoms with van der Waals surface area (Å²) in [4.78, 5) is 14.4. The van der Waals surface area contributed by atoms with Crippen LogP contribution in [0, 0.1) is 0 Å². The Kier molecular flexibility index (Phi) is 3.50. The predicted molar refractivity (Wildman–Crippen MR) is 69.6 cm³/mol. The highest BCUT2D eigenvalue weighted by molar-refractivity contribution is 5.94. The van der Waals surface area contributed by atoms with Crippen molar-refractivity contribution in [3.63, 3.8) is 0 Å². The first-order valence-electron chi connectivity index (χ1n) is 6.58. The first-order valence-corrected chi connectivity index (χ1v) is 6.58. The lowest BCUT2D eigenvalue weighted by atomic mass is 10.0. The van der Waals surface area contributed by atoms with Gasteiger partial charge >= 0.3 is 0 Å². The Morgan fingerprint density at radius 1 is 1.32 bits per heavy atom. The van der Waals surface area contributed by atoms with Crippen LogP contribution in [-0.4, -0.2) is 43.2 Å². The van der Waals surface area contributed by atoms with Crippen LogP contribution >= 0.6 is 0 Å². The summed E-state index contributed by atoms with van der Waals surface area (Å²) in [6.07, 6.45) is 0. The Morgan fingerprint density at radius 3 is 3.00 bits per heavy atom. The molecule has 1 aromatic rings. The minimum Gasteiger partial charge on any atom is -0.377 e. The van der Waals surface area contributed by atoms with Gasteiger partial charge in [-0.05, 0) is 23.3 Å². The zero-order chi connectivity index (χ0) is 13.2. The quantitative estimate of drug-likeness (QED) is 0.843. The number of nitrogens with zero attached hydrogens (tertiary/aromatic N) is 1. The third kappa shape index (κ3) is 2.36. The van der Waals surface area contributed by atoms with Crippen molar-refractivity contribution in [2.24, 2.45) is 5.73 Å². The summed E-state index contributed by atoms with van der Waals surface area (Å²) in [7, 11) is 0. The highest BCUT2D eigenvalue weighted by Crippen LogP contribution is 2.22. The van der Waals surface area contributed by atoms with Crippen molar-refractivity contribution in [3.8, 4) is 0 Å². The summed E-state index contributed by atoms with van der Waals surface area (Å²) in [5.41, 5.74) is 8.71. The zero-order valence-electron chi connectivity index (χ0n) is 10.8. The Balaban J connectivity index is 1.82. The molecule has 102 valence electrons. The Morgan fingerprint density at radius 2 is 2.16 bits per heavy atom. The third-order valence-corrected chi connectivity index (χ3v) is 3.73. The number of hydrogen-bond acceptors (Lipinski definition) is 4. The van der Waals surface area contributed by atoms with Crippen LogP contribution in [0.2, 0.25) is 0 Å². The van der Waals surface area contributed by atoms with Crippen LogP contribution in [0.25, 0.3) is 0 Å². The molecular formula is C14H18N2O3. The van der Waals surface area contributed by atoms with E-state index in [0.29, 0.717) is 45.1 Å². The first-order chi connectivity index (χ1) is 9.29. The normalized spacial score (nSPS) is 22.4. The van der Waals surface area contributed by atoms with Crippen molar-refractivity contribution in [2.75, 3.05) is 26.3 Å². The van der Waals surface area contributed by atoms with E-state index in [1.165, 1.54) is 5.56 Å². The predicted octanol–water partition coefficient (Wildman–Crippen LogP) is 0.516. The monoisotopic (exact) mass is 262 g/mol. The van der Waals surface area contributed by atoms with Gasteiger partial charge in [-0.3, -0.25) is 4.79 Å². The highest BCUT2D eigenvalue weighted by atomic mass is 16.5. The average Bonchev–Trinajstić information content (AvgIpc) is 2.93. The van der Waals surface area contributed by atoms with Crippen molar-refractivity contribution in [3.05, 3.63) is 34.9 Å². The molecule has 1 fully saturated rings. The maximum absolute atomic E-state index is 12.5. The van der Waals surface area contributed by atoms with E-state index >= 15 is 0 Å². The van der Waals surface area contributed by atoms with Gasteiger partial charge in [0.25, 0.3) is 5.91 Å². The van der Waals surface area contributed by atoms with Gasteiger partial charge < -0.3 is 20.1 Å². The van der Waals surface area contributed by atoms with Crippen LogP contribution in [0.1, 0.15) is 21.5 Å². The van der Waals surface area contributed by atoms with Crippen LogP contribution in [-0.2, 0) is 22.7 Å². The van der Waals surface area contributed by atoms with Crippen molar-refractivity contribution in [1.29, 1.82) is 0 Å². The Labute approximate surface area is 112 Å². The number of morpholine rings is 1. The molecule has 2 N–H and O–H groups in total. The van der Waals surface area contributed by atoms with Crippen molar-refractivity contribution >= 4 is 5.91 Å². The summed E-state index contributed by atoms with van der Waals surface area (Å²) in [6.45, 7) is 3.38. The van der Waals surface area contributed by atoms with E-state index in [1.807, 2.05) is 23.1 Å². The molecule has 1 atom stereocenters. The molecule has 3 rings (SSSR count). The summed E-state index contributed by atoms with van der Waals surface area (Å²) in [5, 5.41) is 0. The largest absolute Gasteiger partial charge is 0.377 e. The number of nitrogens with two attached hydrogens (primary N) is 1. The Hall–Kier alpha value is -1.43. The molecule has 0 aliphatic carbocycles. The van der Waals surface area contributed by atoms with E-state index in [9.17, 15) is 4.79 Å². The molecule has 19 heavy (non-hydrogen) atoms. The SMILES string of the molecule is NCC1COCCN1C(=O)c1ccc2c(c1)COC2. The van der Waals surface area contributed by atoms with Crippen LogP contribution in [0.3, 0.4) is 0 Å². The molecule has 1 aromatic carbocycles. The molecule has 0 spiro atoms. The fourth-order valence-corrected chi connectivity index (χ4v) is 2.59. The highest BCUT2D eigenvalue weighted by Gasteiger charge is 2.27. The maximum Gasteiger partial charge on any atom is 0.254 e. The van der Waals surface area contributed by atoms with Crippen molar-refractivity contribution in [2.45, 2.75) is 19.3 Å². The number of carbonyl (C=O) groups excluding carboxylic acids is 1. The molecular weight excluding hydrogens is 244 g/mol. The first kappa shape index (κ1) is 12.6. The molecule has 1 amide bonds. The minimum absolute atomic E-state index is 0.0224. The molecule has 5 nitrogen and oxygen atoms in total. The molecule has 0 saturated carbocycles. The van der Waals surface area contributed by atoms with Gasteiger partial charge in [-0.25, -0.2) is 0 Å². The lowest BCUT2D eigenvalue weighted by Crippen LogP contribution is -2.52. The molecule has 1 unspecified atom stereocenters. The number of benzene rings is 1. The zero-order valence-corrected chi connectivity index (χ0v) is 10.8. The molecule has 0 aromatic heterocycles. The van der Waals surface area contributed by atoms with Gasteiger partial charge in [-0.1, -0.05) is 6.07 Å². The van der Waals surface area contributed by atoms with E-state index < -0.39 is 0 Å². The summed E-state index contributed by atoms with van der Waals surface area (Å²) >= 11 is 0. The number of amides is 1. The number of carbonyl (C=O) groups is 1. The second-order valence-corrected chi connectivity index (χ2v) is 4.94. The second kappa shape index (κ2) is 5.28. The smallest absolute Gasteiger partial charge is 0.254 e. The van der Waals surface area contributed by atoms with Gasteiger partial charge in [-0.15, -0.1) is 0 Å². The number of rotatable bonds is 2. The fraction of sp³-hybridized carbons (Fsp3) is 0.500. The number of ether oxygens (including phenoxy) is 2. The van der Waals surface area contributed by atoms with E-state index in [1.54, 1.807) is 0 Å². The Bertz CT molecular complexity index is 490. The molecule has 0 radical (unpaired) electrons. The number of fused-ring (bicyclic) bond motifs is 1. The van der Waals surface area contributed by atoms with Gasteiger partial charge in [0.2, 0.25) is 0 Å². The van der Waals surface area contributed by atoms with Gasteiger partial charge in [0.1, 0.15) is 0 Å². The van der Waals surface area contributed by atoms with E-state index in [0.717, 1.165) is 5.56 Å². The molecule has 2 aliphatic heterocycles. The lowest BCUT2D eigenvalue weighted by molar-refractivity contribution is 0.000833. The number of hydrogen-bond donors (Lipinski definition) is 1. The van der Waals surface area contributed by atoms with Gasteiger partial charge in [0.15, 0.2) is 0 Å². The average molecular weight is 262 g/mol. The third-order valence-electron chi connectivity index (χ3n) is 3.73. The topological polar surface area (TPSA) is 64.8 Å². The van der Waals surface area contributed by atoms with Crippen LogP contribution in [0.4, 0.5) is 0 Å². The van der Waals surface area contributed by atoms with E-state index in [-0.39, 0.29) is 11.9 Å². The van der Waals surface area contributed by atoms with Crippen molar-refractivity contribution < 1.29 is 14.3 Å². The van der Waals surface area contributed by atoms with Gasteiger partial charge in [-0.2, -0.15) is 0 Å². The standard InChI is InChI=1S/C14H18N2O3/c15-6-13-9-18-4-3-16(13)14(17)10-1-2-11-7-19-8-12(11)5-10/h1-2,5,13H,3-4,6-9,15H2. The fourth-order valence-electron chi connectivity index (χ4n) is 2.59. The van der Waals surface area contributed by atoms with Crippen LogP contribution in [0.5, 0.6) is 0 Å². The molecule has 5 heteroatoms. The van der Waals surface area contributed by atoms with Gasteiger partial charge in [0, 0.05) is 18.7 Å². The summed E-state index contributed by atoms with van der Waals surface area (Å²) < 4.78 is 10.7. The molecule has 2 aliphatic rings. The lowest BCUT2D eigenvalue weighted by Gasteiger charge is -2.35. The summed E-state index contributed by atoms with van der Waals surface area (Å²) in [5.74, 6) is 0.0356. The minimum atomic E-state index is -0.0224. The maximum atomic E-state index is 12.5. The van der Waals surface area contributed by atoms with Crippen LogP contribution in [0.15, 0.2) is 18.2 Å². The molecule has 1 saturated heterocycles. The van der Waals surface area contributed by atoms with E-state index in [4.69, 9.17) is 15.2 Å². The van der Waals surface area contributed by atoms with E-state index in [2.05, 4.69) is 0 Å². The summed E-state index contributed by atoms with van der Waals surface area (Å²) in [6, 6.07) is 5.77. The second-order valence-electron chi connectivity index (χ2n) is 4.94. The van der Waals surface area contributed by atoms with Gasteiger partial charge in [0.05, 0.1) is 32.5 Å². The van der Waals surface area contributed by atoms with Crippen LogP contribution < -0.4 is 5.73 Å². The van der Waals surface area contributed by atoms with Crippen molar-refractivity contribution in [1.82, 2.24) is 4.90 Å². The molecule has 0 bridgehead atoms.